The van der Waals surface area contributed by atoms with Crippen molar-refractivity contribution >= 4 is 27.3 Å². The van der Waals surface area contributed by atoms with Gasteiger partial charge in [0.05, 0.1) is 31.0 Å². The minimum atomic E-state index is -4.48. The molecule has 4 aromatic rings. The van der Waals surface area contributed by atoms with Crippen molar-refractivity contribution in [3.8, 4) is 17.6 Å². The summed E-state index contributed by atoms with van der Waals surface area (Å²) >= 11 is 0. The quantitative estimate of drug-likeness (QED) is 0.285. The average Bonchev–Trinajstić information content (AvgIpc) is 3.34. The second-order valence-electron chi connectivity index (χ2n) is 10.8. The van der Waals surface area contributed by atoms with Crippen LogP contribution in [0.2, 0.25) is 0 Å². The van der Waals surface area contributed by atoms with E-state index in [9.17, 15) is 13.7 Å². The van der Waals surface area contributed by atoms with Crippen molar-refractivity contribution in [3.63, 3.8) is 0 Å². The highest BCUT2D eigenvalue weighted by atomic mass is 32.2. The monoisotopic (exact) mass is 624 g/mol. The summed E-state index contributed by atoms with van der Waals surface area (Å²) in [6.45, 7) is 5.83. The van der Waals surface area contributed by atoms with E-state index in [0.29, 0.717) is 55.4 Å². The Morgan fingerprint density at radius 2 is 1.73 bits per heavy atom. The highest BCUT2D eigenvalue weighted by Crippen LogP contribution is 2.53. The van der Waals surface area contributed by atoms with E-state index < -0.39 is 21.5 Å². The number of piperazine rings is 1. The maximum Gasteiger partial charge on any atom is 0.288 e. The van der Waals surface area contributed by atoms with Gasteiger partial charge in [-0.1, -0.05) is 6.07 Å². The third-order valence-corrected chi connectivity index (χ3v) is 9.89. The van der Waals surface area contributed by atoms with Gasteiger partial charge < -0.3 is 14.4 Å². The number of amides is 1. The average molecular weight is 625 g/mol. The number of aryl methyl sites for hydroxylation is 1. The molecular weight excluding hydrogens is 592 g/mol. The molecule has 1 atom stereocenters. The van der Waals surface area contributed by atoms with E-state index in [1.165, 1.54) is 31.5 Å². The molecule has 2 aliphatic heterocycles. The fraction of sp³-hybridized carbons (Fsp3) is 0.273. The summed E-state index contributed by atoms with van der Waals surface area (Å²) in [4.78, 5) is 27.7. The first kappa shape index (κ1) is 30.1. The van der Waals surface area contributed by atoms with Gasteiger partial charge >= 0.3 is 0 Å². The van der Waals surface area contributed by atoms with Crippen molar-refractivity contribution in [2.45, 2.75) is 24.4 Å². The number of sulfonamides is 1. The zero-order chi connectivity index (χ0) is 31.8. The molecule has 2 aromatic heterocycles. The van der Waals surface area contributed by atoms with Gasteiger partial charge in [-0.05, 0) is 74.0 Å². The molecule has 2 aromatic carbocycles. The van der Waals surface area contributed by atoms with Crippen LogP contribution in [-0.2, 0) is 20.4 Å². The van der Waals surface area contributed by atoms with Gasteiger partial charge in [0.15, 0.2) is 10.6 Å². The number of carbonyl (C=O) groups is 1. The molecule has 1 amide bonds. The van der Waals surface area contributed by atoms with Crippen LogP contribution in [0.1, 0.15) is 29.2 Å². The Morgan fingerprint density at radius 3 is 2.38 bits per heavy atom. The predicted molar refractivity (Wildman–Crippen MR) is 168 cm³/mol. The molecule has 0 N–H and O–H groups in total. The maximum atomic E-state index is 15.3. The first-order chi connectivity index (χ1) is 21.7. The second-order valence-corrected chi connectivity index (χ2v) is 12.5. The topological polar surface area (TPSA) is 129 Å². The first-order valence-corrected chi connectivity index (χ1v) is 16.0. The lowest BCUT2D eigenvalue weighted by molar-refractivity contribution is -0.127. The van der Waals surface area contributed by atoms with Crippen LogP contribution in [0, 0.1) is 18.3 Å². The van der Waals surface area contributed by atoms with Crippen LogP contribution in [0.25, 0.3) is 0 Å². The molecule has 12 heteroatoms. The van der Waals surface area contributed by atoms with E-state index in [2.05, 4.69) is 20.9 Å². The Labute approximate surface area is 262 Å². The van der Waals surface area contributed by atoms with Crippen molar-refractivity contribution in [1.29, 1.82) is 5.26 Å². The summed E-state index contributed by atoms with van der Waals surface area (Å²) in [6.07, 6.45) is 4.92. The van der Waals surface area contributed by atoms with Crippen molar-refractivity contribution in [2.24, 2.45) is 0 Å². The number of rotatable bonds is 8. The van der Waals surface area contributed by atoms with E-state index in [1.807, 2.05) is 24.0 Å². The number of carbonyl (C=O) groups excluding carboxylic acids is 1. The summed E-state index contributed by atoms with van der Waals surface area (Å²) in [6, 6.07) is 18.9. The lowest BCUT2D eigenvalue weighted by Crippen LogP contribution is -2.60. The van der Waals surface area contributed by atoms with E-state index in [1.54, 1.807) is 49.6 Å². The molecule has 0 radical (unpaired) electrons. The molecule has 0 bridgehead atoms. The highest BCUT2D eigenvalue weighted by Gasteiger charge is 2.61. The Bertz CT molecular complexity index is 1890. The molecule has 230 valence electrons. The van der Waals surface area contributed by atoms with Crippen molar-refractivity contribution in [3.05, 3.63) is 102 Å². The van der Waals surface area contributed by atoms with Gasteiger partial charge in [0, 0.05) is 61.6 Å². The van der Waals surface area contributed by atoms with E-state index in [0.717, 1.165) is 15.6 Å². The van der Waals surface area contributed by atoms with Gasteiger partial charge in [-0.15, -0.1) is 0 Å². The number of hydrogen-bond acceptors (Lipinski definition) is 10. The number of fused-ring (bicyclic) bond motifs is 1. The van der Waals surface area contributed by atoms with Crippen LogP contribution in [0.3, 0.4) is 0 Å². The SMILES string of the molecule is CCOc1ccc(OC)cc1C1(N2CCN(c3ccncc3)CC2)C(=O)N(S(=O)(=O)c2ccc(C)cn2)c2ccc(C#N)cc21. The largest absolute Gasteiger partial charge is 0.497 e. The highest BCUT2D eigenvalue weighted by molar-refractivity contribution is 7.93. The summed E-state index contributed by atoms with van der Waals surface area (Å²) in [5, 5.41) is 9.69. The van der Waals surface area contributed by atoms with Crippen LogP contribution in [-0.4, -0.2) is 69.1 Å². The maximum absolute atomic E-state index is 15.3. The summed E-state index contributed by atoms with van der Waals surface area (Å²) in [7, 11) is -2.95. The normalized spacial score (nSPS) is 18.4. The van der Waals surface area contributed by atoms with Gasteiger partial charge in [0.1, 0.15) is 11.5 Å². The van der Waals surface area contributed by atoms with Crippen molar-refractivity contribution in [2.75, 3.05) is 49.1 Å². The van der Waals surface area contributed by atoms with Crippen LogP contribution < -0.4 is 18.7 Å². The minimum Gasteiger partial charge on any atom is -0.497 e. The number of pyridine rings is 2. The summed E-state index contributed by atoms with van der Waals surface area (Å²) < 4.78 is 41.2. The van der Waals surface area contributed by atoms with Gasteiger partial charge in [0.2, 0.25) is 0 Å². The third-order valence-electron chi connectivity index (χ3n) is 8.28. The third kappa shape index (κ3) is 4.94. The zero-order valence-corrected chi connectivity index (χ0v) is 26.0. The molecule has 0 spiro atoms. The number of methoxy groups -OCH3 is 1. The molecule has 1 unspecified atom stereocenters. The molecule has 2 aliphatic rings. The number of aromatic nitrogens is 2. The van der Waals surface area contributed by atoms with Crippen LogP contribution in [0.4, 0.5) is 11.4 Å². The zero-order valence-electron chi connectivity index (χ0n) is 25.2. The fourth-order valence-corrected chi connectivity index (χ4v) is 7.56. The summed E-state index contributed by atoms with van der Waals surface area (Å²) in [5.74, 6) is 0.168. The Morgan fingerprint density at radius 1 is 0.978 bits per heavy atom. The van der Waals surface area contributed by atoms with E-state index in [4.69, 9.17) is 9.47 Å². The number of ether oxygens (including phenoxy) is 2. The van der Waals surface area contributed by atoms with Gasteiger partial charge in [-0.25, -0.2) is 4.98 Å². The predicted octanol–water partition coefficient (Wildman–Crippen LogP) is 3.87. The van der Waals surface area contributed by atoms with Crippen LogP contribution in [0.5, 0.6) is 11.5 Å². The number of anilines is 2. The van der Waals surface area contributed by atoms with Crippen molar-refractivity contribution < 1.29 is 22.7 Å². The summed E-state index contributed by atoms with van der Waals surface area (Å²) in [5.41, 5.74) is 1.34. The molecule has 6 rings (SSSR count). The number of hydrogen-bond donors (Lipinski definition) is 0. The van der Waals surface area contributed by atoms with Crippen LogP contribution in [0.15, 0.2) is 84.3 Å². The fourth-order valence-electron chi connectivity index (χ4n) is 6.17. The molecule has 0 aliphatic carbocycles. The lowest BCUT2D eigenvalue weighted by Gasteiger charge is -2.46. The molecule has 0 saturated carbocycles. The van der Waals surface area contributed by atoms with E-state index >= 15 is 4.79 Å². The Kier molecular flexibility index (Phi) is 7.90. The van der Waals surface area contributed by atoms with Crippen molar-refractivity contribution in [1.82, 2.24) is 14.9 Å². The first-order valence-electron chi connectivity index (χ1n) is 14.5. The van der Waals surface area contributed by atoms with Gasteiger partial charge in [-0.2, -0.15) is 18.0 Å². The molecule has 11 nitrogen and oxygen atoms in total. The van der Waals surface area contributed by atoms with Crippen LogP contribution >= 0.6 is 0 Å². The number of benzene rings is 2. The Hall–Kier alpha value is -4.99. The standard InChI is InChI=1S/C33H32N6O5S/c1-4-44-30-9-7-26(43-3)20-28(30)33(38-17-15-37(16-18-38)25-11-13-35-14-12-25)27-19-24(21-34)6-8-29(27)39(32(33)40)45(41,42)31-10-5-23(2)22-36-31/h5-14,19-20,22H,4,15-18H2,1-3H3. The molecule has 4 heterocycles. The number of nitrogens with zero attached hydrogens (tertiary/aromatic N) is 6. The molecule has 45 heavy (non-hydrogen) atoms. The lowest BCUT2D eigenvalue weighted by atomic mass is 9.80. The van der Waals surface area contributed by atoms with E-state index in [-0.39, 0.29) is 16.3 Å². The van der Waals surface area contributed by atoms with Gasteiger partial charge in [0.25, 0.3) is 15.9 Å². The molecule has 1 saturated heterocycles. The smallest absolute Gasteiger partial charge is 0.288 e. The number of nitriles is 1. The van der Waals surface area contributed by atoms with Gasteiger partial charge in [-0.3, -0.25) is 14.7 Å². The Balaban J connectivity index is 1.60. The second kappa shape index (κ2) is 11.8. The minimum absolute atomic E-state index is 0.156. The molecule has 1 fully saturated rings. The molecular formula is C33H32N6O5S.